The third-order valence-corrected chi connectivity index (χ3v) is 5.08. The summed E-state index contributed by atoms with van der Waals surface area (Å²) in [6, 6.07) is 0. The second kappa shape index (κ2) is 8.16. The van der Waals surface area contributed by atoms with Crippen molar-refractivity contribution in [1.82, 2.24) is 0 Å². The minimum atomic E-state index is -0.407. The number of allylic oxidation sites excluding steroid dienone is 2. The van der Waals surface area contributed by atoms with E-state index in [-0.39, 0.29) is 11.8 Å². The molecule has 4 heteroatoms. The van der Waals surface area contributed by atoms with Gasteiger partial charge in [-0.2, -0.15) is 0 Å². The predicted octanol–water partition coefficient (Wildman–Crippen LogP) is 3.97. The van der Waals surface area contributed by atoms with E-state index in [1.54, 1.807) is 0 Å². The average Bonchev–Trinajstić information content (AvgIpc) is 2.59. The molecule has 0 saturated heterocycles. The maximum Gasteiger partial charge on any atom is 0.358 e. The first-order valence-electron chi connectivity index (χ1n) is 8.31. The van der Waals surface area contributed by atoms with Crippen LogP contribution in [0.1, 0.15) is 51.4 Å². The third-order valence-electron chi connectivity index (χ3n) is 5.08. The zero-order valence-electron chi connectivity index (χ0n) is 13.2. The van der Waals surface area contributed by atoms with Crippen LogP contribution in [-0.4, -0.2) is 11.9 Å². The molecule has 2 fully saturated rings. The van der Waals surface area contributed by atoms with Gasteiger partial charge in [-0.3, -0.25) is 0 Å². The smallest absolute Gasteiger partial charge is 0.247 e. The van der Waals surface area contributed by atoms with Gasteiger partial charge in [-0.25, -0.2) is 19.4 Å². The van der Waals surface area contributed by atoms with Crippen LogP contribution in [0.3, 0.4) is 0 Å². The minimum Gasteiger partial charge on any atom is -0.247 e. The van der Waals surface area contributed by atoms with E-state index in [4.69, 9.17) is 9.78 Å². The number of carbonyl (C=O) groups is 2. The highest BCUT2D eigenvalue weighted by atomic mass is 17.2. The molecule has 0 spiro atoms. The molecule has 0 heterocycles. The molecule has 4 nitrogen and oxygen atoms in total. The Morgan fingerprint density at radius 2 is 1.00 bits per heavy atom. The molecule has 0 aromatic rings. The van der Waals surface area contributed by atoms with E-state index >= 15 is 0 Å². The predicted molar refractivity (Wildman–Crippen MR) is 83.5 cm³/mol. The molecule has 0 aromatic heterocycles. The van der Waals surface area contributed by atoms with Crippen LogP contribution in [0, 0.1) is 23.7 Å². The molecule has 0 radical (unpaired) electrons. The summed E-state index contributed by atoms with van der Waals surface area (Å²) in [6.45, 7) is 7.57. The molecule has 0 N–H and O–H groups in total. The maximum atomic E-state index is 11.9. The Labute approximate surface area is 132 Å². The zero-order chi connectivity index (χ0) is 15.9. The highest BCUT2D eigenvalue weighted by molar-refractivity contribution is 5.75. The molecule has 0 aromatic carbocycles. The molecule has 2 aliphatic rings. The van der Waals surface area contributed by atoms with Gasteiger partial charge in [0.15, 0.2) is 0 Å². The van der Waals surface area contributed by atoms with Gasteiger partial charge < -0.3 is 0 Å². The van der Waals surface area contributed by atoms with Crippen molar-refractivity contribution >= 4 is 11.9 Å². The first kappa shape index (κ1) is 16.8. The van der Waals surface area contributed by atoms with E-state index < -0.39 is 11.9 Å². The molecule has 22 heavy (non-hydrogen) atoms. The van der Waals surface area contributed by atoms with Crippen LogP contribution in [-0.2, 0) is 19.4 Å². The summed E-state index contributed by atoms with van der Waals surface area (Å²) in [5.41, 5.74) is 0. The Balaban J connectivity index is 1.69. The lowest BCUT2D eigenvalue weighted by atomic mass is 9.82. The second-order valence-electron chi connectivity index (χ2n) is 6.50. The normalized spacial score (nSPS) is 31.8. The molecular weight excluding hydrogens is 280 g/mol. The summed E-state index contributed by atoms with van der Waals surface area (Å²) >= 11 is 0. The number of rotatable bonds is 4. The lowest BCUT2D eigenvalue weighted by molar-refractivity contribution is -0.266. The van der Waals surface area contributed by atoms with Crippen molar-refractivity contribution in [1.29, 1.82) is 0 Å². The summed E-state index contributed by atoms with van der Waals surface area (Å²) < 4.78 is 0. The minimum absolute atomic E-state index is 0.152. The van der Waals surface area contributed by atoms with Crippen molar-refractivity contribution in [2.24, 2.45) is 23.7 Å². The monoisotopic (exact) mass is 306 g/mol. The SMILES string of the molecule is C=CC1CCC(C(=O)OOC(=O)C2CCC(C=C)CC2)CC1. The van der Waals surface area contributed by atoms with Crippen LogP contribution < -0.4 is 0 Å². The van der Waals surface area contributed by atoms with Crippen molar-refractivity contribution in [3.05, 3.63) is 25.3 Å². The first-order chi connectivity index (χ1) is 10.6. The second-order valence-corrected chi connectivity index (χ2v) is 6.50. The van der Waals surface area contributed by atoms with E-state index in [0.29, 0.717) is 11.8 Å². The molecular formula is C18H26O4. The molecule has 0 amide bonds. The quantitative estimate of drug-likeness (QED) is 0.448. The standard InChI is InChI=1S/C18H26O4/c1-3-13-5-9-15(10-6-13)17(19)21-22-18(20)16-11-7-14(4-2)8-12-16/h3-4,13-16H,1-2,5-12H2. The fourth-order valence-electron chi connectivity index (χ4n) is 3.40. The Bertz CT molecular complexity index is 373. The van der Waals surface area contributed by atoms with Gasteiger partial charge in [0.25, 0.3) is 0 Å². The van der Waals surface area contributed by atoms with Gasteiger partial charge in [0.05, 0.1) is 11.8 Å². The first-order valence-corrected chi connectivity index (χ1v) is 8.31. The summed E-state index contributed by atoms with van der Waals surface area (Å²) in [7, 11) is 0. The molecule has 122 valence electrons. The van der Waals surface area contributed by atoms with Gasteiger partial charge in [-0.05, 0) is 63.2 Å². The van der Waals surface area contributed by atoms with E-state index in [2.05, 4.69) is 13.2 Å². The van der Waals surface area contributed by atoms with E-state index in [1.807, 2.05) is 12.2 Å². The Morgan fingerprint density at radius 1 is 0.682 bits per heavy atom. The molecule has 0 atom stereocenters. The van der Waals surface area contributed by atoms with Gasteiger partial charge in [0.1, 0.15) is 0 Å². The van der Waals surface area contributed by atoms with Crippen LogP contribution in [0.2, 0.25) is 0 Å². The topological polar surface area (TPSA) is 52.6 Å². The number of carbonyl (C=O) groups excluding carboxylic acids is 2. The molecule has 2 aliphatic carbocycles. The van der Waals surface area contributed by atoms with Crippen LogP contribution in [0.5, 0.6) is 0 Å². The van der Waals surface area contributed by atoms with Crippen LogP contribution in [0.25, 0.3) is 0 Å². The van der Waals surface area contributed by atoms with Gasteiger partial charge in [0, 0.05) is 0 Å². The Morgan fingerprint density at radius 3 is 1.27 bits per heavy atom. The number of hydrogen-bond acceptors (Lipinski definition) is 4. The fraction of sp³-hybridized carbons (Fsp3) is 0.667. The zero-order valence-corrected chi connectivity index (χ0v) is 13.2. The van der Waals surface area contributed by atoms with Crippen molar-refractivity contribution < 1.29 is 19.4 Å². The van der Waals surface area contributed by atoms with Gasteiger partial charge in [-0.15, -0.1) is 13.2 Å². The van der Waals surface area contributed by atoms with Crippen molar-refractivity contribution in [3.63, 3.8) is 0 Å². The lowest BCUT2D eigenvalue weighted by Gasteiger charge is -2.25. The molecule has 0 unspecified atom stereocenters. The molecule has 0 aliphatic heterocycles. The van der Waals surface area contributed by atoms with E-state index in [0.717, 1.165) is 51.4 Å². The Kier molecular flexibility index (Phi) is 6.22. The highest BCUT2D eigenvalue weighted by Gasteiger charge is 2.30. The van der Waals surface area contributed by atoms with E-state index in [9.17, 15) is 9.59 Å². The highest BCUT2D eigenvalue weighted by Crippen LogP contribution is 2.31. The van der Waals surface area contributed by atoms with Crippen LogP contribution >= 0.6 is 0 Å². The fourth-order valence-corrected chi connectivity index (χ4v) is 3.40. The van der Waals surface area contributed by atoms with Crippen LogP contribution in [0.4, 0.5) is 0 Å². The molecule has 2 saturated carbocycles. The molecule has 0 bridgehead atoms. The van der Waals surface area contributed by atoms with E-state index in [1.165, 1.54) is 0 Å². The maximum absolute atomic E-state index is 11.9. The van der Waals surface area contributed by atoms with Crippen molar-refractivity contribution in [2.75, 3.05) is 0 Å². The molecule has 2 rings (SSSR count). The summed E-state index contributed by atoms with van der Waals surface area (Å²) in [5, 5.41) is 0. The lowest BCUT2D eigenvalue weighted by Crippen LogP contribution is -2.27. The summed E-state index contributed by atoms with van der Waals surface area (Å²) in [4.78, 5) is 33.4. The van der Waals surface area contributed by atoms with Crippen LogP contribution in [0.15, 0.2) is 25.3 Å². The summed E-state index contributed by atoms with van der Waals surface area (Å²) in [6.07, 6.45) is 10.8. The third kappa shape index (κ3) is 4.46. The van der Waals surface area contributed by atoms with Gasteiger partial charge in [-0.1, -0.05) is 12.2 Å². The number of hydrogen-bond donors (Lipinski definition) is 0. The van der Waals surface area contributed by atoms with Crippen molar-refractivity contribution in [2.45, 2.75) is 51.4 Å². The average molecular weight is 306 g/mol. The largest absolute Gasteiger partial charge is 0.358 e. The van der Waals surface area contributed by atoms with Gasteiger partial charge in [0.2, 0.25) is 0 Å². The summed E-state index contributed by atoms with van der Waals surface area (Å²) in [5.74, 6) is -0.134. The Hall–Kier alpha value is -1.58. The van der Waals surface area contributed by atoms with Crippen molar-refractivity contribution in [3.8, 4) is 0 Å². The van der Waals surface area contributed by atoms with Gasteiger partial charge >= 0.3 is 11.9 Å².